The average Bonchev–Trinajstić information content (AvgIpc) is 2.71. The Labute approximate surface area is 160 Å². The van der Waals surface area contributed by atoms with Gasteiger partial charge in [0.15, 0.2) is 11.5 Å². The SMILES string of the molecule is CCOC(=O)N1CCc2cc(OC)c(OC)cc2C1CCc1ccccc1. The van der Waals surface area contributed by atoms with Crippen molar-refractivity contribution in [3.63, 3.8) is 0 Å². The Morgan fingerprint density at radius 1 is 1.11 bits per heavy atom. The lowest BCUT2D eigenvalue weighted by Gasteiger charge is -2.37. The van der Waals surface area contributed by atoms with E-state index >= 15 is 0 Å². The Balaban J connectivity index is 1.93. The van der Waals surface area contributed by atoms with Crippen molar-refractivity contribution >= 4 is 6.09 Å². The van der Waals surface area contributed by atoms with Crippen LogP contribution in [0.3, 0.4) is 0 Å². The van der Waals surface area contributed by atoms with Crippen molar-refractivity contribution < 1.29 is 19.0 Å². The minimum absolute atomic E-state index is 0.0483. The fourth-order valence-electron chi connectivity index (χ4n) is 3.71. The van der Waals surface area contributed by atoms with E-state index in [-0.39, 0.29) is 12.1 Å². The second-order valence-corrected chi connectivity index (χ2v) is 6.59. The van der Waals surface area contributed by atoms with Gasteiger partial charge in [0.25, 0.3) is 0 Å². The lowest BCUT2D eigenvalue weighted by molar-refractivity contribution is 0.0844. The van der Waals surface area contributed by atoms with Gasteiger partial charge in [-0.3, -0.25) is 0 Å². The molecule has 27 heavy (non-hydrogen) atoms. The summed E-state index contributed by atoms with van der Waals surface area (Å²) in [5.41, 5.74) is 3.57. The Morgan fingerprint density at radius 2 is 1.81 bits per heavy atom. The maximum Gasteiger partial charge on any atom is 0.410 e. The third-order valence-electron chi connectivity index (χ3n) is 5.05. The van der Waals surface area contributed by atoms with Gasteiger partial charge in [0, 0.05) is 6.54 Å². The van der Waals surface area contributed by atoms with Crippen LogP contribution in [0.15, 0.2) is 42.5 Å². The van der Waals surface area contributed by atoms with Gasteiger partial charge in [-0.15, -0.1) is 0 Å². The molecule has 0 N–H and O–H groups in total. The summed E-state index contributed by atoms with van der Waals surface area (Å²) in [6.07, 6.45) is 2.23. The minimum atomic E-state index is -0.254. The summed E-state index contributed by atoms with van der Waals surface area (Å²) in [7, 11) is 3.28. The van der Waals surface area contributed by atoms with Crippen LogP contribution in [0.2, 0.25) is 0 Å². The summed E-state index contributed by atoms with van der Waals surface area (Å²) in [5.74, 6) is 1.41. The molecule has 5 heteroatoms. The van der Waals surface area contributed by atoms with Gasteiger partial charge in [-0.1, -0.05) is 30.3 Å². The first kappa shape index (κ1) is 19.1. The maximum atomic E-state index is 12.6. The number of nitrogens with zero attached hydrogens (tertiary/aromatic N) is 1. The van der Waals surface area contributed by atoms with Crippen molar-refractivity contribution in [3.05, 3.63) is 59.2 Å². The molecule has 0 spiro atoms. The molecular formula is C22H27NO4. The van der Waals surface area contributed by atoms with Gasteiger partial charge in [0.1, 0.15) is 0 Å². The van der Waals surface area contributed by atoms with Gasteiger partial charge in [0.2, 0.25) is 0 Å². The van der Waals surface area contributed by atoms with Gasteiger partial charge in [-0.05, 0) is 55.0 Å². The molecule has 3 rings (SSSR count). The highest BCUT2D eigenvalue weighted by atomic mass is 16.6. The topological polar surface area (TPSA) is 48.0 Å². The summed E-state index contributed by atoms with van der Waals surface area (Å²) in [6.45, 7) is 2.85. The van der Waals surface area contributed by atoms with Gasteiger partial charge in [0.05, 0.1) is 26.9 Å². The van der Waals surface area contributed by atoms with E-state index in [0.717, 1.165) is 30.6 Å². The molecule has 0 radical (unpaired) electrons. The Morgan fingerprint density at radius 3 is 2.48 bits per heavy atom. The molecule has 1 heterocycles. The van der Waals surface area contributed by atoms with E-state index in [1.54, 1.807) is 14.2 Å². The number of carbonyl (C=O) groups is 1. The van der Waals surface area contributed by atoms with Crippen molar-refractivity contribution in [1.82, 2.24) is 4.90 Å². The first-order chi connectivity index (χ1) is 13.2. The molecule has 5 nitrogen and oxygen atoms in total. The molecule has 1 aliphatic heterocycles. The number of fused-ring (bicyclic) bond motifs is 1. The molecule has 0 aliphatic carbocycles. The number of hydrogen-bond donors (Lipinski definition) is 0. The van der Waals surface area contributed by atoms with E-state index in [4.69, 9.17) is 14.2 Å². The van der Waals surface area contributed by atoms with Crippen LogP contribution in [0.1, 0.15) is 36.1 Å². The summed E-state index contributed by atoms with van der Waals surface area (Å²) in [5, 5.41) is 0. The van der Waals surface area contributed by atoms with E-state index < -0.39 is 0 Å². The average molecular weight is 369 g/mol. The molecular weight excluding hydrogens is 342 g/mol. The van der Waals surface area contributed by atoms with Gasteiger partial charge < -0.3 is 19.1 Å². The normalized spacial score (nSPS) is 15.8. The number of carbonyl (C=O) groups excluding carboxylic acids is 1. The molecule has 1 atom stereocenters. The van der Waals surface area contributed by atoms with Gasteiger partial charge >= 0.3 is 6.09 Å². The third-order valence-corrected chi connectivity index (χ3v) is 5.05. The molecule has 0 aromatic heterocycles. The third kappa shape index (κ3) is 4.18. The van der Waals surface area contributed by atoms with Crippen LogP contribution in [0.5, 0.6) is 11.5 Å². The molecule has 0 saturated heterocycles. The second-order valence-electron chi connectivity index (χ2n) is 6.59. The first-order valence-electron chi connectivity index (χ1n) is 9.40. The predicted molar refractivity (Wildman–Crippen MR) is 104 cm³/mol. The predicted octanol–water partition coefficient (Wildman–Crippen LogP) is 4.39. The maximum absolute atomic E-state index is 12.6. The fourth-order valence-corrected chi connectivity index (χ4v) is 3.71. The van der Waals surface area contributed by atoms with Crippen LogP contribution in [0.4, 0.5) is 4.79 Å². The van der Waals surface area contributed by atoms with E-state index in [9.17, 15) is 4.79 Å². The van der Waals surface area contributed by atoms with Crippen molar-refractivity contribution in [1.29, 1.82) is 0 Å². The molecule has 2 aromatic rings. The fraction of sp³-hybridized carbons (Fsp3) is 0.409. The Bertz CT molecular complexity index is 775. The van der Waals surface area contributed by atoms with E-state index in [1.807, 2.05) is 42.2 Å². The van der Waals surface area contributed by atoms with Crippen LogP contribution in [0, 0.1) is 0 Å². The zero-order valence-corrected chi connectivity index (χ0v) is 16.2. The van der Waals surface area contributed by atoms with E-state index in [1.165, 1.54) is 11.1 Å². The highest BCUT2D eigenvalue weighted by Gasteiger charge is 2.32. The van der Waals surface area contributed by atoms with E-state index in [0.29, 0.717) is 18.9 Å². The van der Waals surface area contributed by atoms with Crippen molar-refractivity contribution in [3.8, 4) is 11.5 Å². The lowest BCUT2D eigenvalue weighted by Crippen LogP contribution is -2.40. The summed E-state index contributed by atoms with van der Waals surface area (Å²) in [4.78, 5) is 14.4. The lowest BCUT2D eigenvalue weighted by atomic mass is 9.88. The number of aryl methyl sites for hydroxylation is 1. The molecule has 2 aromatic carbocycles. The van der Waals surface area contributed by atoms with Crippen LogP contribution in [-0.2, 0) is 17.6 Å². The zero-order valence-electron chi connectivity index (χ0n) is 16.2. The second kappa shape index (κ2) is 8.80. The van der Waals surface area contributed by atoms with Crippen LogP contribution >= 0.6 is 0 Å². The highest BCUT2D eigenvalue weighted by molar-refractivity contribution is 5.69. The van der Waals surface area contributed by atoms with Crippen LogP contribution in [-0.4, -0.2) is 38.4 Å². The Kier molecular flexibility index (Phi) is 6.22. The van der Waals surface area contributed by atoms with Gasteiger partial charge in [-0.2, -0.15) is 0 Å². The summed E-state index contributed by atoms with van der Waals surface area (Å²) >= 11 is 0. The van der Waals surface area contributed by atoms with Gasteiger partial charge in [-0.25, -0.2) is 4.79 Å². The number of methoxy groups -OCH3 is 2. The monoisotopic (exact) mass is 369 g/mol. The van der Waals surface area contributed by atoms with E-state index in [2.05, 4.69) is 12.1 Å². The molecule has 1 amide bonds. The number of ether oxygens (including phenoxy) is 3. The number of rotatable bonds is 6. The largest absolute Gasteiger partial charge is 0.493 e. The smallest absolute Gasteiger partial charge is 0.410 e. The standard InChI is InChI=1S/C22H27NO4/c1-4-27-22(24)23-13-12-17-14-20(25-2)21(26-3)15-18(17)19(23)11-10-16-8-6-5-7-9-16/h5-9,14-15,19H,4,10-13H2,1-3H3. The number of amides is 1. The molecule has 1 unspecified atom stereocenters. The molecule has 0 saturated carbocycles. The molecule has 144 valence electrons. The minimum Gasteiger partial charge on any atom is -0.493 e. The first-order valence-corrected chi connectivity index (χ1v) is 9.40. The number of hydrogen-bond acceptors (Lipinski definition) is 4. The number of benzene rings is 2. The van der Waals surface area contributed by atoms with Crippen molar-refractivity contribution in [2.45, 2.75) is 32.2 Å². The molecule has 1 aliphatic rings. The van der Waals surface area contributed by atoms with Crippen molar-refractivity contribution in [2.75, 3.05) is 27.4 Å². The Hall–Kier alpha value is -2.69. The summed E-state index contributed by atoms with van der Waals surface area (Å²) < 4.78 is 16.3. The molecule has 0 bridgehead atoms. The van der Waals surface area contributed by atoms with Crippen molar-refractivity contribution in [2.24, 2.45) is 0 Å². The van der Waals surface area contributed by atoms with Crippen LogP contribution in [0.25, 0.3) is 0 Å². The highest BCUT2D eigenvalue weighted by Crippen LogP contribution is 2.40. The summed E-state index contributed by atoms with van der Waals surface area (Å²) in [6, 6.07) is 14.3. The molecule has 0 fully saturated rings. The van der Waals surface area contributed by atoms with Crippen LogP contribution < -0.4 is 9.47 Å². The zero-order chi connectivity index (χ0) is 19.2. The quantitative estimate of drug-likeness (QED) is 0.758.